The zero-order chi connectivity index (χ0) is 12.5. The van der Waals surface area contributed by atoms with E-state index in [1.54, 1.807) is 0 Å². The second-order valence-corrected chi connectivity index (χ2v) is 6.59. The number of hydrogen-bond donors (Lipinski definition) is 1. The van der Waals surface area contributed by atoms with Crippen LogP contribution in [0.25, 0.3) is 0 Å². The van der Waals surface area contributed by atoms with E-state index in [2.05, 4.69) is 10.1 Å². The van der Waals surface area contributed by atoms with E-state index >= 15 is 0 Å². The molecular formula is C15H25NO2. The topological polar surface area (TPSA) is 38.3 Å². The Morgan fingerprint density at radius 2 is 1.72 bits per heavy atom. The predicted molar refractivity (Wildman–Crippen MR) is 70.1 cm³/mol. The molecule has 0 aromatic rings. The molecule has 0 spiro atoms. The first kappa shape index (κ1) is 12.5. The lowest BCUT2D eigenvalue weighted by Gasteiger charge is -2.54. The minimum atomic E-state index is -0.0816. The summed E-state index contributed by atoms with van der Waals surface area (Å²) in [5.41, 5.74) is 0. The quantitative estimate of drug-likeness (QED) is 0.602. The molecular weight excluding hydrogens is 226 g/mol. The Morgan fingerprint density at radius 1 is 1.11 bits per heavy atom. The van der Waals surface area contributed by atoms with Crippen molar-refractivity contribution in [3.05, 3.63) is 0 Å². The van der Waals surface area contributed by atoms with Crippen LogP contribution in [0.15, 0.2) is 0 Å². The monoisotopic (exact) mass is 251 g/mol. The third-order valence-corrected chi connectivity index (χ3v) is 5.39. The smallest absolute Gasteiger partial charge is 0.305 e. The number of rotatable bonds is 5. The number of hydrogen-bond acceptors (Lipinski definition) is 3. The van der Waals surface area contributed by atoms with Crippen LogP contribution in [-0.4, -0.2) is 25.7 Å². The first-order chi connectivity index (χ1) is 8.76. The van der Waals surface area contributed by atoms with Crippen molar-refractivity contribution in [2.24, 2.45) is 23.7 Å². The maximum Gasteiger partial charge on any atom is 0.305 e. The predicted octanol–water partition coefficient (Wildman–Crippen LogP) is 2.35. The SMILES string of the molecule is COC(=O)CCCNC1C2CC3CC(C2)CC1C3. The Hall–Kier alpha value is -0.570. The van der Waals surface area contributed by atoms with Gasteiger partial charge in [-0.25, -0.2) is 0 Å². The highest BCUT2D eigenvalue weighted by Gasteiger charge is 2.47. The average molecular weight is 251 g/mol. The second-order valence-electron chi connectivity index (χ2n) is 6.59. The lowest BCUT2D eigenvalue weighted by molar-refractivity contribution is -0.140. The van der Waals surface area contributed by atoms with Crippen LogP contribution in [0.4, 0.5) is 0 Å². The molecule has 4 aliphatic rings. The largest absolute Gasteiger partial charge is 0.469 e. The van der Waals surface area contributed by atoms with Crippen molar-refractivity contribution in [2.45, 2.75) is 51.0 Å². The van der Waals surface area contributed by atoms with E-state index in [1.165, 1.54) is 39.2 Å². The summed E-state index contributed by atoms with van der Waals surface area (Å²) >= 11 is 0. The van der Waals surface area contributed by atoms with Gasteiger partial charge in [-0.15, -0.1) is 0 Å². The van der Waals surface area contributed by atoms with Crippen LogP contribution in [0.1, 0.15) is 44.9 Å². The first-order valence-electron chi connectivity index (χ1n) is 7.56. The van der Waals surface area contributed by atoms with Crippen molar-refractivity contribution in [2.75, 3.05) is 13.7 Å². The molecule has 102 valence electrons. The van der Waals surface area contributed by atoms with Gasteiger partial charge in [-0.2, -0.15) is 0 Å². The highest BCUT2D eigenvalue weighted by Crippen LogP contribution is 2.53. The minimum Gasteiger partial charge on any atom is -0.469 e. The standard InChI is InChI=1S/C15H25NO2/c1-18-14(17)3-2-4-16-15-12-6-10-5-11(8-12)9-13(15)7-10/h10-13,15-16H,2-9H2,1H3. The van der Waals surface area contributed by atoms with E-state index in [0.717, 1.165) is 42.7 Å². The summed E-state index contributed by atoms with van der Waals surface area (Å²) in [6.45, 7) is 0.974. The molecule has 1 N–H and O–H groups in total. The summed E-state index contributed by atoms with van der Waals surface area (Å²) in [6, 6.07) is 0.746. The van der Waals surface area contributed by atoms with Crippen LogP contribution in [0, 0.1) is 23.7 Å². The zero-order valence-electron chi connectivity index (χ0n) is 11.4. The molecule has 4 saturated carbocycles. The number of nitrogens with one attached hydrogen (secondary N) is 1. The number of methoxy groups -OCH3 is 1. The molecule has 0 radical (unpaired) electrons. The van der Waals surface area contributed by atoms with Gasteiger partial charge in [0, 0.05) is 12.5 Å². The van der Waals surface area contributed by atoms with Gasteiger partial charge in [0.2, 0.25) is 0 Å². The van der Waals surface area contributed by atoms with Crippen LogP contribution >= 0.6 is 0 Å². The second kappa shape index (κ2) is 5.20. The van der Waals surface area contributed by atoms with Gasteiger partial charge < -0.3 is 10.1 Å². The van der Waals surface area contributed by atoms with E-state index in [1.807, 2.05) is 0 Å². The summed E-state index contributed by atoms with van der Waals surface area (Å²) in [7, 11) is 1.47. The number of carbonyl (C=O) groups is 1. The van der Waals surface area contributed by atoms with Crippen molar-refractivity contribution in [1.82, 2.24) is 5.32 Å². The average Bonchev–Trinajstić information content (AvgIpc) is 2.36. The van der Waals surface area contributed by atoms with Gasteiger partial charge in [-0.05, 0) is 68.7 Å². The number of carbonyl (C=O) groups excluding carboxylic acids is 1. The van der Waals surface area contributed by atoms with Gasteiger partial charge in [0.25, 0.3) is 0 Å². The molecule has 0 atom stereocenters. The third kappa shape index (κ3) is 2.42. The van der Waals surface area contributed by atoms with Gasteiger partial charge in [0.15, 0.2) is 0 Å². The Labute approximate surface area is 110 Å². The molecule has 4 fully saturated rings. The minimum absolute atomic E-state index is 0.0816. The first-order valence-corrected chi connectivity index (χ1v) is 7.56. The Balaban J connectivity index is 1.44. The fourth-order valence-electron chi connectivity index (χ4n) is 4.86. The van der Waals surface area contributed by atoms with Gasteiger partial charge in [0.05, 0.1) is 7.11 Å². The molecule has 0 unspecified atom stereocenters. The molecule has 3 heteroatoms. The Kier molecular flexibility index (Phi) is 3.60. The molecule has 0 aromatic carbocycles. The van der Waals surface area contributed by atoms with Crippen LogP contribution in [0.3, 0.4) is 0 Å². The summed E-state index contributed by atoms with van der Waals surface area (Å²) < 4.78 is 4.67. The fourth-order valence-corrected chi connectivity index (χ4v) is 4.86. The van der Waals surface area contributed by atoms with E-state index in [9.17, 15) is 4.79 Å². The number of esters is 1. The zero-order valence-corrected chi connectivity index (χ0v) is 11.4. The maximum absolute atomic E-state index is 11.1. The third-order valence-electron chi connectivity index (χ3n) is 5.39. The summed E-state index contributed by atoms with van der Waals surface area (Å²) in [4.78, 5) is 11.1. The van der Waals surface area contributed by atoms with E-state index in [0.29, 0.717) is 6.42 Å². The van der Waals surface area contributed by atoms with E-state index < -0.39 is 0 Å². The molecule has 0 saturated heterocycles. The van der Waals surface area contributed by atoms with Crippen LogP contribution in [-0.2, 0) is 9.53 Å². The highest BCUT2D eigenvalue weighted by molar-refractivity contribution is 5.69. The van der Waals surface area contributed by atoms with Crippen molar-refractivity contribution in [3.8, 4) is 0 Å². The van der Waals surface area contributed by atoms with Crippen LogP contribution in [0.2, 0.25) is 0 Å². The van der Waals surface area contributed by atoms with Crippen molar-refractivity contribution in [3.63, 3.8) is 0 Å². The molecule has 4 rings (SSSR count). The normalized spacial score (nSPS) is 41.1. The maximum atomic E-state index is 11.1. The van der Waals surface area contributed by atoms with Gasteiger partial charge in [0.1, 0.15) is 0 Å². The summed E-state index contributed by atoms with van der Waals surface area (Å²) in [5, 5.41) is 3.74. The molecule has 3 nitrogen and oxygen atoms in total. The molecule has 4 bridgehead atoms. The molecule has 0 amide bonds. The highest BCUT2D eigenvalue weighted by atomic mass is 16.5. The van der Waals surface area contributed by atoms with Crippen LogP contribution < -0.4 is 5.32 Å². The summed E-state index contributed by atoms with van der Waals surface area (Å²) in [5.74, 6) is 3.86. The molecule has 0 aromatic heterocycles. The Bertz CT molecular complexity index is 288. The van der Waals surface area contributed by atoms with Crippen molar-refractivity contribution >= 4 is 5.97 Å². The van der Waals surface area contributed by atoms with E-state index in [4.69, 9.17) is 0 Å². The van der Waals surface area contributed by atoms with Crippen molar-refractivity contribution in [1.29, 1.82) is 0 Å². The van der Waals surface area contributed by atoms with Crippen molar-refractivity contribution < 1.29 is 9.53 Å². The summed E-state index contributed by atoms with van der Waals surface area (Å²) in [6.07, 6.45) is 8.82. The van der Waals surface area contributed by atoms with Gasteiger partial charge in [-0.3, -0.25) is 4.79 Å². The van der Waals surface area contributed by atoms with Crippen LogP contribution in [0.5, 0.6) is 0 Å². The lowest BCUT2D eigenvalue weighted by Crippen LogP contribution is -2.54. The van der Waals surface area contributed by atoms with Gasteiger partial charge in [-0.1, -0.05) is 0 Å². The molecule has 0 aliphatic heterocycles. The molecule has 0 heterocycles. The fraction of sp³-hybridized carbons (Fsp3) is 0.933. The number of ether oxygens (including phenoxy) is 1. The molecule has 18 heavy (non-hydrogen) atoms. The van der Waals surface area contributed by atoms with E-state index in [-0.39, 0.29) is 5.97 Å². The van der Waals surface area contributed by atoms with Gasteiger partial charge >= 0.3 is 5.97 Å². The Morgan fingerprint density at radius 3 is 2.28 bits per heavy atom. The molecule has 4 aliphatic carbocycles. The lowest BCUT2D eigenvalue weighted by atomic mass is 9.54.